The van der Waals surface area contributed by atoms with Gasteiger partial charge in [0.2, 0.25) is 0 Å². The standard InChI is InChI=1S/C14H28N2/c1-4-6-8-9-10-11-14(3,13-15)16-12-7-5-2/h16H,4,6,8-13,15H2,1-3H3. The first kappa shape index (κ1) is 15.5. The molecule has 1 atom stereocenters. The van der Waals surface area contributed by atoms with E-state index in [4.69, 9.17) is 5.73 Å². The molecule has 0 aliphatic rings. The highest BCUT2D eigenvalue weighted by molar-refractivity contribution is 4.99. The van der Waals surface area contributed by atoms with Crippen molar-refractivity contribution in [2.45, 2.75) is 64.8 Å². The third kappa shape index (κ3) is 7.73. The van der Waals surface area contributed by atoms with E-state index in [9.17, 15) is 0 Å². The van der Waals surface area contributed by atoms with Crippen LogP contribution < -0.4 is 11.1 Å². The summed E-state index contributed by atoms with van der Waals surface area (Å²) >= 11 is 0. The highest BCUT2D eigenvalue weighted by atomic mass is 15.0. The molecule has 94 valence electrons. The Kier molecular flexibility index (Phi) is 9.37. The highest BCUT2D eigenvalue weighted by Gasteiger charge is 2.20. The predicted octanol–water partition coefficient (Wildman–Crippen LogP) is 2.68. The number of unbranched alkanes of at least 4 members (excludes halogenated alkanes) is 4. The summed E-state index contributed by atoms with van der Waals surface area (Å²) in [7, 11) is 0. The molecule has 0 rings (SSSR count). The largest absolute Gasteiger partial charge is 0.329 e. The third-order valence-corrected chi connectivity index (χ3v) is 3.06. The van der Waals surface area contributed by atoms with E-state index in [1.54, 1.807) is 0 Å². The van der Waals surface area contributed by atoms with Crippen LogP contribution in [0.1, 0.15) is 59.3 Å². The number of nitrogens with two attached hydrogens (primary N) is 1. The molecule has 0 aliphatic heterocycles. The molecule has 0 aromatic carbocycles. The summed E-state index contributed by atoms with van der Waals surface area (Å²) in [6.07, 6.45) is 7.75. The van der Waals surface area contributed by atoms with E-state index in [1.165, 1.54) is 32.1 Å². The maximum Gasteiger partial charge on any atom is 0.0580 e. The summed E-state index contributed by atoms with van der Waals surface area (Å²) in [5, 5.41) is 3.44. The molecule has 0 radical (unpaired) electrons. The van der Waals surface area contributed by atoms with Crippen LogP contribution in [0, 0.1) is 11.8 Å². The van der Waals surface area contributed by atoms with Crippen molar-refractivity contribution in [2.75, 3.05) is 13.1 Å². The van der Waals surface area contributed by atoms with Gasteiger partial charge in [-0.05, 0) is 20.3 Å². The molecule has 16 heavy (non-hydrogen) atoms. The van der Waals surface area contributed by atoms with Gasteiger partial charge in [-0.15, -0.1) is 5.92 Å². The Hall–Kier alpha value is -0.520. The lowest BCUT2D eigenvalue weighted by molar-refractivity contribution is 0.341. The van der Waals surface area contributed by atoms with Crippen molar-refractivity contribution in [1.82, 2.24) is 5.32 Å². The van der Waals surface area contributed by atoms with Crippen LogP contribution in [0.15, 0.2) is 0 Å². The lowest BCUT2D eigenvalue weighted by atomic mass is 9.94. The minimum atomic E-state index is 0.0655. The van der Waals surface area contributed by atoms with Gasteiger partial charge in [0.1, 0.15) is 0 Å². The van der Waals surface area contributed by atoms with Crippen molar-refractivity contribution in [3.63, 3.8) is 0 Å². The average molecular weight is 224 g/mol. The molecule has 0 aliphatic carbocycles. The number of hydrogen-bond acceptors (Lipinski definition) is 2. The van der Waals surface area contributed by atoms with E-state index in [1.807, 2.05) is 6.92 Å². The Bertz CT molecular complexity index is 215. The molecule has 0 fully saturated rings. The van der Waals surface area contributed by atoms with Crippen LogP contribution in [0.5, 0.6) is 0 Å². The first-order valence-corrected chi connectivity index (χ1v) is 6.53. The van der Waals surface area contributed by atoms with E-state index in [2.05, 4.69) is 31.0 Å². The average Bonchev–Trinajstić information content (AvgIpc) is 2.29. The summed E-state index contributed by atoms with van der Waals surface area (Å²) in [4.78, 5) is 0. The number of nitrogens with one attached hydrogen (secondary N) is 1. The normalized spacial score (nSPS) is 14.0. The first-order valence-electron chi connectivity index (χ1n) is 6.53. The Labute approximate surface area is 101 Å². The van der Waals surface area contributed by atoms with E-state index in [0.29, 0.717) is 6.54 Å². The monoisotopic (exact) mass is 224 g/mol. The van der Waals surface area contributed by atoms with Gasteiger partial charge in [0.15, 0.2) is 0 Å². The third-order valence-electron chi connectivity index (χ3n) is 3.06. The zero-order valence-corrected chi connectivity index (χ0v) is 11.2. The van der Waals surface area contributed by atoms with Gasteiger partial charge in [-0.3, -0.25) is 5.32 Å². The zero-order chi connectivity index (χ0) is 12.3. The predicted molar refractivity (Wildman–Crippen MR) is 72.3 cm³/mol. The molecule has 0 saturated heterocycles. The summed E-state index contributed by atoms with van der Waals surface area (Å²) in [6, 6.07) is 0. The molecule has 0 heterocycles. The summed E-state index contributed by atoms with van der Waals surface area (Å²) in [6.45, 7) is 7.75. The molecule has 0 bridgehead atoms. The molecule has 3 N–H and O–H groups in total. The lowest BCUT2D eigenvalue weighted by Gasteiger charge is -2.28. The van der Waals surface area contributed by atoms with Crippen molar-refractivity contribution in [3.05, 3.63) is 0 Å². The Morgan fingerprint density at radius 2 is 1.88 bits per heavy atom. The van der Waals surface area contributed by atoms with Gasteiger partial charge in [-0.25, -0.2) is 0 Å². The quantitative estimate of drug-likeness (QED) is 0.467. The fourth-order valence-corrected chi connectivity index (χ4v) is 1.73. The highest BCUT2D eigenvalue weighted by Crippen LogP contribution is 2.14. The van der Waals surface area contributed by atoms with E-state index < -0.39 is 0 Å². The summed E-state index contributed by atoms with van der Waals surface area (Å²) < 4.78 is 0. The molecule has 2 heteroatoms. The topological polar surface area (TPSA) is 38.0 Å². The van der Waals surface area contributed by atoms with Gasteiger partial charge in [-0.1, -0.05) is 44.9 Å². The van der Waals surface area contributed by atoms with Crippen LogP contribution in [0.4, 0.5) is 0 Å². The van der Waals surface area contributed by atoms with Gasteiger partial charge < -0.3 is 5.73 Å². The Morgan fingerprint density at radius 1 is 1.19 bits per heavy atom. The zero-order valence-electron chi connectivity index (χ0n) is 11.2. The Morgan fingerprint density at radius 3 is 2.44 bits per heavy atom. The molecular formula is C14H28N2. The van der Waals surface area contributed by atoms with E-state index in [0.717, 1.165) is 13.0 Å². The van der Waals surface area contributed by atoms with Crippen molar-refractivity contribution in [1.29, 1.82) is 0 Å². The smallest absolute Gasteiger partial charge is 0.0580 e. The molecule has 0 spiro atoms. The van der Waals surface area contributed by atoms with Crippen molar-refractivity contribution >= 4 is 0 Å². The number of rotatable bonds is 9. The maximum absolute atomic E-state index is 5.82. The summed E-state index contributed by atoms with van der Waals surface area (Å²) in [5.41, 5.74) is 5.89. The van der Waals surface area contributed by atoms with Crippen molar-refractivity contribution < 1.29 is 0 Å². The van der Waals surface area contributed by atoms with Crippen LogP contribution in [0.3, 0.4) is 0 Å². The molecule has 0 aromatic heterocycles. The first-order chi connectivity index (χ1) is 7.68. The van der Waals surface area contributed by atoms with Crippen LogP contribution in [0.2, 0.25) is 0 Å². The molecule has 1 unspecified atom stereocenters. The van der Waals surface area contributed by atoms with Crippen molar-refractivity contribution in [2.24, 2.45) is 5.73 Å². The second kappa shape index (κ2) is 9.69. The van der Waals surface area contributed by atoms with Gasteiger partial charge in [-0.2, -0.15) is 0 Å². The van der Waals surface area contributed by atoms with Crippen LogP contribution in [0.25, 0.3) is 0 Å². The minimum absolute atomic E-state index is 0.0655. The number of hydrogen-bond donors (Lipinski definition) is 2. The fourth-order valence-electron chi connectivity index (χ4n) is 1.73. The van der Waals surface area contributed by atoms with Gasteiger partial charge in [0.05, 0.1) is 6.54 Å². The van der Waals surface area contributed by atoms with Gasteiger partial charge >= 0.3 is 0 Å². The van der Waals surface area contributed by atoms with E-state index >= 15 is 0 Å². The molecule has 0 aromatic rings. The lowest BCUT2D eigenvalue weighted by Crippen LogP contribution is -2.48. The summed E-state index contributed by atoms with van der Waals surface area (Å²) in [5.74, 6) is 5.93. The van der Waals surface area contributed by atoms with E-state index in [-0.39, 0.29) is 5.54 Å². The fraction of sp³-hybridized carbons (Fsp3) is 0.857. The minimum Gasteiger partial charge on any atom is -0.329 e. The SMILES string of the molecule is CC#CCNC(C)(CN)CCCCCCC. The maximum atomic E-state index is 5.82. The molecule has 0 saturated carbocycles. The van der Waals surface area contributed by atoms with Gasteiger partial charge in [0.25, 0.3) is 0 Å². The second-order valence-corrected chi connectivity index (χ2v) is 4.71. The van der Waals surface area contributed by atoms with Crippen molar-refractivity contribution in [3.8, 4) is 11.8 Å². The van der Waals surface area contributed by atoms with Crippen LogP contribution in [-0.2, 0) is 0 Å². The molecule has 0 amide bonds. The van der Waals surface area contributed by atoms with Crippen LogP contribution >= 0.6 is 0 Å². The Balaban J connectivity index is 3.72. The molecule has 2 nitrogen and oxygen atoms in total. The molecular weight excluding hydrogens is 196 g/mol. The second-order valence-electron chi connectivity index (χ2n) is 4.71. The van der Waals surface area contributed by atoms with Gasteiger partial charge in [0, 0.05) is 12.1 Å². The van der Waals surface area contributed by atoms with Crippen LogP contribution in [-0.4, -0.2) is 18.6 Å².